The van der Waals surface area contributed by atoms with Gasteiger partial charge in [0.05, 0.1) is 34.3 Å². The zero-order chi connectivity index (χ0) is 20.5. The fourth-order valence-electron chi connectivity index (χ4n) is 3.72. The molecule has 28 heavy (non-hydrogen) atoms. The summed E-state index contributed by atoms with van der Waals surface area (Å²) in [5, 5.41) is -0.338. The van der Waals surface area contributed by atoms with Crippen LogP contribution in [-0.2, 0) is 14.6 Å². The maximum absolute atomic E-state index is 13.5. The Kier molecular flexibility index (Phi) is 6.00. The lowest BCUT2D eigenvalue weighted by Gasteiger charge is -2.17. The Labute approximate surface area is 175 Å². The number of rotatable bonds is 8. The smallest absolute Gasteiger partial charge is 0.182 e. The van der Waals surface area contributed by atoms with E-state index in [0.29, 0.717) is 17.4 Å². The van der Waals surface area contributed by atoms with E-state index in [2.05, 4.69) is 0 Å². The van der Waals surface area contributed by atoms with Crippen molar-refractivity contribution in [1.82, 2.24) is 0 Å². The van der Waals surface area contributed by atoms with Gasteiger partial charge in [-0.25, -0.2) is 8.42 Å². The van der Waals surface area contributed by atoms with Crippen LogP contribution in [0.15, 0.2) is 53.4 Å². The fourth-order valence-corrected chi connectivity index (χ4v) is 6.62. The molecule has 8 heteroatoms. The van der Waals surface area contributed by atoms with E-state index in [1.54, 1.807) is 31.4 Å². The van der Waals surface area contributed by atoms with E-state index >= 15 is 0 Å². The molecule has 0 aromatic heterocycles. The lowest BCUT2D eigenvalue weighted by Crippen LogP contribution is -2.33. The third-order valence-corrected chi connectivity index (χ3v) is 8.13. The standard InChI is InChI=1S/C20H22ClNO4S2/c1-3-26-12-20(19(22)27)17(13-4-8-15(25-2)9-5-13)18(20)28(23,24)16-10-6-14(21)7-11-16/h4-11,17-18H,3,12H2,1-2H3,(H2,22,27)/t17-,18+,20-/m0/s1. The first kappa shape index (κ1) is 21.0. The van der Waals surface area contributed by atoms with E-state index < -0.39 is 26.4 Å². The van der Waals surface area contributed by atoms with Crippen molar-refractivity contribution < 1.29 is 17.9 Å². The summed E-state index contributed by atoms with van der Waals surface area (Å²) >= 11 is 11.3. The molecule has 1 aliphatic carbocycles. The second-order valence-corrected chi connectivity index (χ2v) is 9.66. The molecule has 3 rings (SSSR count). The van der Waals surface area contributed by atoms with Crippen LogP contribution in [-0.4, -0.2) is 39.0 Å². The molecule has 1 aliphatic rings. The van der Waals surface area contributed by atoms with E-state index in [0.717, 1.165) is 5.56 Å². The zero-order valence-corrected chi connectivity index (χ0v) is 18.0. The van der Waals surface area contributed by atoms with Gasteiger partial charge in [0.15, 0.2) is 9.84 Å². The largest absolute Gasteiger partial charge is 0.497 e. The van der Waals surface area contributed by atoms with Crippen molar-refractivity contribution in [3.05, 3.63) is 59.1 Å². The van der Waals surface area contributed by atoms with Crippen molar-refractivity contribution in [1.29, 1.82) is 0 Å². The normalized spacial score (nSPS) is 24.0. The van der Waals surface area contributed by atoms with Gasteiger partial charge in [-0.15, -0.1) is 0 Å². The summed E-state index contributed by atoms with van der Waals surface area (Å²) in [5.41, 5.74) is 5.96. The highest BCUT2D eigenvalue weighted by Gasteiger charge is 2.73. The van der Waals surface area contributed by atoms with Crippen molar-refractivity contribution >= 4 is 38.6 Å². The number of hydrogen-bond acceptors (Lipinski definition) is 5. The molecule has 0 saturated heterocycles. The van der Waals surface area contributed by atoms with Crippen LogP contribution in [0.2, 0.25) is 5.02 Å². The van der Waals surface area contributed by atoms with Crippen molar-refractivity contribution in [2.75, 3.05) is 20.3 Å². The first-order valence-electron chi connectivity index (χ1n) is 8.80. The summed E-state index contributed by atoms with van der Waals surface area (Å²) in [6.45, 7) is 2.43. The quantitative estimate of drug-likeness (QED) is 0.633. The van der Waals surface area contributed by atoms with Gasteiger partial charge in [0, 0.05) is 17.5 Å². The van der Waals surface area contributed by atoms with Crippen LogP contribution in [0.3, 0.4) is 0 Å². The summed E-state index contributed by atoms with van der Waals surface area (Å²) in [7, 11) is -2.14. The molecule has 0 heterocycles. The Balaban J connectivity index is 2.08. The van der Waals surface area contributed by atoms with Gasteiger partial charge in [-0.1, -0.05) is 36.0 Å². The lowest BCUT2D eigenvalue weighted by molar-refractivity contribution is 0.121. The maximum atomic E-state index is 13.5. The molecule has 0 spiro atoms. The molecule has 1 saturated carbocycles. The molecule has 1 fully saturated rings. The Hall–Kier alpha value is -1.67. The number of ether oxygens (including phenoxy) is 2. The molecule has 0 unspecified atom stereocenters. The number of sulfone groups is 1. The van der Waals surface area contributed by atoms with Crippen LogP contribution < -0.4 is 10.5 Å². The maximum Gasteiger partial charge on any atom is 0.182 e. The minimum Gasteiger partial charge on any atom is -0.497 e. The average molecular weight is 440 g/mol. The van der Waals surface area contributed by atoms with Crippen molar-refractivity contribution in [2.24, 2.45) is 11.1 Å². The summed E-state index contributed by atoms with van der Waals surface area (Å²) in [6.07, 6.45) is 0. The molecule has 0 bridgehead atoms. The van der Waals surface area contributed by atoms with Crippen LogP contribution in [0.5, 0.6) is 5.75 Å². The SMILES string of the molecule is CCOC[C@@]1(C(N)=S)[C@H](S(=O)(=O)c2ccc(Cl)cc2)[C@@H]1c1ccc(OC)cc1. The molecule has 150 valence electrons. The number of halogens is 1. The van der Waals surface area contributed by atoms with Crippen LogP contribution in [0, 0.1) is 5.41 Å². The molecular weight excluding hydrogens is 418 g/mol. The summed E-state index contributed by atoms with van der Waals surface area (Å²) in [5.74, 6) is 0.287. The van der Waals surface area contributed by atoms with Crippen molar-refractivity contribution in [3.63, 3.8) is 0 Å². The molecular formula is C20H22ClNO4S2. The van der Waals surface area contributed by atoms with Crippen molar-refractivity contribution in [3.8, 4) is 5.75 Å². The van der Waals surface area contributed by atoms with E-state index in [9.17, 15) is 8.42 Å². The molecule has 2 N–H and O–H groups in total. The van der Waals surface area contributed by atoms with E-state index in [-0.39, 0.29) is 16.5 Å². The van der Waals surface area contributed by atoms with Crippen molar-refractivity contribution in [2.45, 2.75) is 23.0 Å². The predicted molar refractivity (Wildman–Crippen MR) is 114 cm³/mol. The molecule has 0 radical (unpaired) electrons. The first-order chi connectivity index (χ1) is 13.3. The second-order valence-electron chi connectivity index (χ2n) is 6.71. The van der Waals surface area contributed by atoms with Gasteiger partial charge < -0.3 is 15.2 Å². The Bertz CT molecular complexity index is 961. The van der Waals surface area contributed by atoms with Gasteiger partial charge in [-0.05, 0) is 48.9 Å². The predicted octanol–water partition coefficient (Wildman–Crippen LogP) is 3.60. The summed E-state index contributed by atoms with van der Waals surface area (Å²) in [6, 6.07) is 13.4. The van der Waals surface area contributed by atoms with E-state index in [4.69, 9.17) is 39.0 Å². The third kappa shape index (κ3) is 3.52. The van der Waals surface area contributed by atoms with Gasteiger partial charge >= 0.3 is 0 Å². The van der Waals surface area contributed by atoms with Gasteiger partial charge in [-0.2, -0.15) is 0 Å². The molecule has 2 aromatic carbocycles. The Morgan fingerprint density at radius 1 is 1.18 bits per heavy atom. The molecule has 0 aliphatic heterocycles. The fraction of sp³-hybridized carbons (Fsp3) is 0.350. The lowest BCUT2D eigenvalue weighted by atomic mass is 10.00. The number of nitrogens with two attached hydrogens (primary N) is 1. The highest BCUT2D eigenvalue weighted by molar-refractivity contribution is 7.92. The van der Waals surface area contributed by atoms with Crippen LogP contribution in [0.1, 0.15) is 18.4 Å². The monoisotopic (exact) mass is 439 g/mol. The highest BCUT2D eigenvalue weighted by Crippen LogP contribution is 2.64. The Morgan fingerprint density at radius 2 is 1.79 bits per heavy atom. The van der Waals surface area contributed by atoms with Crippen LogP contribution >= 0.6 is 23.8 Å². The van der Waals surface area contributed by atoms with Gasteiger partial charge in [0.2, 0.25) is 0 Å². The summed E-state index contributed by atoms with van der Waals surface area (Å²) in [4.78, 5) is 0.333. The number of thiocarbonyl (C=S) groups is 1. The highest BCUT2D eigenvalue weighted by atomic mass is 35.5. The zero-order valence-electron chi connectivity index (χ0n) is 15.6. The molecule has 2 aromatic rings. The average Bonchev–Trinajstić information content (AvgIpc) is 3.38. The first-order valence-corrected chi connectivity index (χ1v) is 11.1. The second kappa shape index (κ2) is 7.99. The van der Waals surface area contributed by atoms with Crippen LogP contribution in [0.25, 0.3) is 0 Å². The molecule has 5 nitrogen and oxygen atoms in total. The minimum atomic E-state index is -3.72. The third-order valence-electron chi connectivity index (χ3n) is 5.21. The van der Waals surface area contributed by atoms with Gasteiger partial charge in [0.25, 0.3) is 0 Å². The van der Waals surface area contributed by atoms with E-state index in [1.807, 2.05) is 19.1 Å². The number of benzene rings is 2. The van der Waals surface area contributed by atoms with Crippen LogP contribution in [0.4, 0.5) is 0 Å². The molecule has 0 amide bonds. The number of hydrogen-bond donors (Lipinski definition) is 1. The Morgan fingerprint density at radius 3 is 2.29 bits per heavy atom. The minimum absolute atomic E-state index is 0.143. The number of methoxy groups -OCH3 is 1. The molecule has 3 atom stereocenters. The summed E-state index contributed by atoms with van der Waals surface area (Å²) < 4.78 is 37.7. The van der Waals surface area contributed by atoms with E-state index in [1.165, 1.54) is 12.1 Å². The van der Waals surface area contributed by atoms with Gasteiger partial charge in [-0.3, -0.25) is 0 Å². The topological polar surface area (TPSA) is 78.6 Å². The van der Waals surface area contributed by atoms with Gasteiger partial charge in [0.1, 0.15) is 5.75 Å².